The molecule has 0 saturated heterocycles. The summed E-state index contributed by atoms with van der Waals surface area (Å²) in [5.41, 5.74) is 0.645. The molecule has 2 aromatic carbocycles. The standard InChI is InChI=1S/C18H20O5/c1-21-15-8-4-3-7-13(15)14(18(19)20)11-12-23-17-10-6-5-9-16(17)22-2/h3-10,14H,11-12H2,1-2H3,(H,19,20). The maximum Gasteiger partial charge on any atom is 0.311 e. The minimum absolute atomic E-state index is 0.259. The summed E-state index contributed by atoms with van der Waals surface area (Å²) in [6.45, 7) is 0.259. The minimum atomic E-state index is -0.905. The Bertz CT molecular complexity index is 653. The van der Waals surface area contributed by atoms with E-state index in [2.05, 4.69) is 0 Å². The van der Waals surface area contributed by atoms with Crippen LogP contribution in [0.4, 0.5) is 0 Å². The molecule has 0 bridgehead atoms. The molecule has 0 heterocycles. The predicted molar refractivity (Wildman–Crippen MR) is 86.5 cm³/mol. The first kappa shape index (κ1) is 16.7. The van der Waals surface area contributed by atoms with Crippen molar-refractivity contribution in [1.82, 2.24) is 0 Å². The largest absolute Gasteiger partial charge is 0.496 e. The monoisotopic (exact) mass is 316 g/mol. The van der Waals surface area contributed by atoms with Gasteiger partial charge in [-0.1, -0.05) is 30.3 Å². The summed E-state index contributed by atoms with van der Waals surface area (Å²) < 4.78 is 16.1. The Labute approximate surface area is 135 Å². The number of para-hydroxylation sites is 3. The van der Waals surface area contributed by atoms with Crippen LogP contribution in [0.2, 0.25) is 0 Å². The molecule has 2 rings (SSSR count). The van der Waals surface area contributed by atoms with E-state index in [0.29, 0.717) is 29.2 Å². The number of hydrogen-bond donors (Lipinski definition) is 1. The average Bonchev–Trinajstić information content (AvgIpc) is 2.58. The third kappa shape index (κ3) is 4.16. The van der Waals surface area contributed by atoms with Gasteiger partial charge in [0.1, 0.15) is 5.75 Å². The maximum atomic E-state index is 11.6. The molecule has 5 heteroatoms. The fourth-order valence-electron chi connectivity index (χ4n) is 2.39. The maximum absolute atomic E-state index is 11.6. The topological polar surface area (TPSA) is 65.0 Å². The first-order valence-corrected chi connectivity index (χ1v) is 7.29. The van der Waals surface area contributed by atoms with Gasteiger partial charge in [0.25, 0.3) is 0 Å². The second-order valence-corrected chi connectivity index (χ2v) is 4.92. The van der Waals surface area contributed by atoms with Crippen LogP contribution in [-0.2, 0) is 4.79 Å². The SMILES string of the molecule is COc1ccccc1OCCC(C(=O)O)c1ccccc1OC. The van der Waals surface area contributed by atoms with E-state index in [9.17, 15) is 9.90 Å². The highest BCUT2D eigenvalue weighted by atomic mass is 16.5. The van der Waals surface area contributed by atoms with E-state index in [1.54, 1.807) is 37.4 Å². The fraction of sp³-hybridized carbons (Fsp3) is 0.278. The highest BCUT2D eigenvalue weighted by Crippen LogP contribution is 2.30. The summed E-state index contributed by atoms with van der Waals surface area (Å²) in [5.74, 6) is 0.187. The average molecular weight is 316 g/mol. The van der Waals surface area contributed by atoms with Crippen LogP contribution in [0.25, 0.3) is 0 Å². The Balaban J connectivity index is 2.08. The first-order chi connectivity index (χ1) is 11.2. The van der Waals surface area contributed by atoms with Crippen molar-refractivity contribution in [2.75, 3.05) is 20.8 Å². The number of rotatable bonds is 8. The molecule has 0 aliphatic rings. The lowest BCUT2D eigenvalue weighted by Gasteiger charge is -2.17. The van der Waals surface area contributed by atoms with Crippen LogP contribution in [0.3, 0.4) is 0 Å². The number of ether oxygens (including phenoxy) is 3. The lowest BCUT2D eigenvalue weighted by atomic mass is 9.95. The van der Waals surface area contributed by atoms with E-state index < -0.39 is 11.9 Å². The third-order valence-electron chi connectivity index (χ3n) is 3.55. The summed E-state index contributed by atoms with van der Waals surface area (Å²) in [4.78, 5) is 11.6. The zero-order chi connectivity index (χ0) is 16.7. The van der Waals surface area contributed by atoms with Crippen molar-refractivity contribution in [3.05, 3.63) is 54.1 Å². The lowest BCUT2D eigenvalue weighted by Crippen LogP contribution is -2.16. The molecule has 1 atom stereocenters. The molecule has 122 valence electrons. The van der Waals surface area contributed by atoms with E-state index in [1.165, 1.54) is 7.11 Å². The van der Waals surface area contributed by atoms with Gasteiger partial charge in [0.2, 0.25) is 0 Å². The quantitative estimate of drug-likeness (QED) is 0.809. The number of methoxy groups -OCH3 is 2. The molecule has 5 nitrogen and oxygen atoms in total. The normalized spacial score (nSPS) is 11.6. The molecular weight excluding hydrogens is 296 g/mol. The molecule has 1 N–H and O–H groups in total. The van der Waals surface area contributed by atoms with Crippen LogP contribution in [0.15, 0.2) is 48.5 Å². The fourth-order valence-corrected chi connectivity index (χ4v) is 2.39. The molecule has 2 aromatic rings. The van der Waals surface area contributed by atoms with Crippen molar-refractivity contribution in [3.8, 4) is 17.2 Å². The van der Waals surface area contributed by atoms with Crippen molar-refractivity contribution in [3.63, 3.8) is 0 Å². The van der Waals surface area contributed by atoms with Gasteiger partial charge in [-0.3, -0.25) is 4.79 Å². The van der Waals surface area contributed by atoms with E-state index in [1.807, 2.05) is 18.2 Å². The van der Waals surface area contributed by atoms with Crippen LogP contribution in [0.1, 0.15) is 17.9 Å². The zero-order valence-corrected chi connectivity index (χ0v) is 13.2. The van der Waals surface area contributed by atoms with Gasteiger partial charge in [0, 0.05) is 5.56 Å². The van der Waals surface area contributed by atoms with Crippen molar-refractivity contribution in [1.29, 1.82) is 0 Å². The van der Waals surface area contributed by atoms with Crippen LogP contribution in [-0.4, -0.2) is 31.9 Å². The Morgan fingerprint density at radius 3 is 2.13 bits per heavy atom. The summed E-state index contributed by atoms with van der Waals surface area (Å²) in [6.07, 6.45) is 0.327. The summed E-state index contributed by atoms with van der Waals surface area (Å²) in [6, 6.07) is 14.4. The van der Waals surface area contributed by atoms with Crippen LogP contribution in [0, 0.1) is 0 Å². The highest BCUT2D eigenvalue weighted by molar-refractivity contribution is 5.77. The molecule has 0 saturated carbocycles. The second kappa shape index (κ2) is 8.08. The number of aliphatic carboxylic acids is 1. The molecule has 0 aliphatic heterocycles. The van der Waals surface area contributed by atoms with Gasteiger partial charge in [-0.15, -0.1) is 0 Å². The van der Waals surface area contributed by atoms with Crippen molar-refractivity contribution < 1.29 is 24.1 Å². The second-order valence-electron chi connectivity index (χ2n) is 4.92. The zero-order valence-electron chi connectivity index (χ0n) is 13.2. The summed E-state index contributed by atoms with van der Waals surface area (Å²) in [5, 5.41) is 9.51. The van der Waals surface area contributed by atoms with Gasteiger partial charge in [-0.25, -0.2) is 0 Å². The molecular formula is C18H20O5. The Morgan fingerprint density at radius 2 is 1.52 bits per heavy atom. The van der Waals surface area contributed by atoms with Gasteiger partial charge < -0.3 is 19.3 Å². The molecule has 0 radical (unpaired) electrons. The Kier molecular flexibility index (Phi) is 5.86. The molecule has 0 aromatic heterocycles. The van der Waals surface area contributed by atoms with Gasteiger partial charge in [-0.05, 0) is 24.6 Å². The van der Waals surface area contributed by atoms with Crippen molar-refractivity contribution in [2.24, 2.45) is 0 Å². The first-order valence-electron chi connectivity index (χ1n) is 7.29. The number of carboxylic acids is 1. The van der Waals surface area contributed by atoms with Crippen LogP contribution < -0.4 is 14.2 Å². The third-order valence-corrected chi connectivity index (χ3v) is 3.55. The van der Waals surface area contributed by atoms with E-state index in [4.69, 9.17) is 14.2 Å². The Hall–Kier alpha value is -2.69. The molecule has 23 heavy (non-hydrogen) atoms. The minimum Gasteiger partial charge on any atom is -0.496 e. The van der Waals surface area contributed by atoms with Crippen LogP contribution >= 0.6 is 0 Å². The van der Waals surface area contributed by atoms with E-state index in [0.717, 1.165) is 0 Å². The molecule has 0 amide bonds. The number of carbonyl (C=O) groups is 1. The molecule has 0 fully saturated rings. The van der Waals surface area contributed by atoms with E-state index in [-0.39, 0.29) is 6.61 Å². The number of benzene rings is 2. The smallest absolute Gasteiger partial charge is 0.311 e. The Morgan fingerprint density at radius 1 is 0.957 bits per heavy atom. The van der Waals surface area contributed by atoms with Gasteiger partial charge in [0.15, 0.2) is 11.5 Å². The van der Waals surface area contributed by atoms with Crippen LogP contribution in [0.5, 0.6) is 17.2 Å². The number of carboxylic acid groups (broad SMARTS) is 1. The van der Waals surface area contributed by atoms with Crippen molar-refractivity contribution >= 4 is 5.97 Å². The summed E-state index contributed by atoms with van der Waals surface area (Å²) >= 11 is 0. The predicted octanol–water partition coefficient (Wildman–Crippen LogP) is 3.34. The van der Waals surface area contributed by atoms with Crippen molar-refractivity contribution in [2.45, 2.75) is 12.3 Å². The van der Waals surface area contributed by atoms with E-state index >= 15 is 0 Å². The molecule has 0 spiro atoms. The van der Waals surface area contributed by atoms with Gasteiger partial charge in [0.05, 0.1) is 26.7 Å². The van der Waals surface area contributed by atoms with Gasteiger partial charge >= 0.3 is 5.97 Å². The highest BCUT2D eigenvalue weighted by Gasteiger charge is 2.23. The van der Waals surface area contributed by atoms with Gasteiger partial charge in [-0.2, -0.15) is 0 Å². The molecule has 1 unspecified atom stereocenters. The number of hydrogen-bond acceptors (Lipinski definition) is 4. The molecule has 0 aliphatic carbocycles. The summed E-state index contributed by atoms with van der Waals surface area (Å²) in [7, 11) is 3.10. The lowest BCUT2D eigenvalue weighted by molar-refractivity contribution is -0.139.